The Kier molecular flexibility index (Phi) is 6.63. The Hall–Kier alpha value is -3.87. The van der Waals surface area contributed by atoms with Gasteiger partial charge in [0.15, 0.2) is 0 Å². The Labute approximate surface area is 210 Å². The van der Waals surface area contributed by atoms with Crippen LogP contribution < -0.4 is 5.32 Å². The Morgan fingerprint density at radius 3 is 2.50 bits per heavy atom. The lowest BCUT2D eigenvalue weighted by Crippen LogP contribution is -2.44. The van der Waals surface area contributed by atoms with Crippen LogP contribution in [0.2, 0.25) is 0 Å². The van der Waals surface area contributed by atoms with E-state index in [0.717, 1.165) is 40.9 Å². The summed E-state index contributed by atoms with van der Waals surface area (Å²) in [4.78, 5) is 30.2. The Bertz CT molecular complexity index is 1370. The minimum absolute atomic E-state index is 0.347. The molecule has 7 nitrogen and oxygen atoms in total. The summed E-state index contributed by atoms with van der Waals surface area (Å²) in [7, 11) is 0. The van der Waals surface area contributed by atoms with Crippen molar-refractivity contribution < 1.29 is 19.1 Å². The first-order chi connectivity index (χ1) is 17.4. The molecule has 1 aliphatic carbocycles. The molecule has 1 aliphatic rings. The van der Waals surface area contributed by atoms with Crippen LogP contribution in [0.1, 0.15) is 72.5 Å². The summed E-state index contributed by atoms with van der Waals surface area (Å²) in [5.74, 6) is -1.06. The Balaban J connectivity index is 1.46. The number of rotatable bonds is 7. The first-order valence-electron chi connectivity index (χ1n) is 12.6. The topological polar surface area (TPSA) is 97.4 Å². The molecule has 0 spiro atoms. The lowest BCUT2D eigenvalue weighted by molar-refractivity contribution is -0.139. The lowest BCUT2D eigenvalue weighted by atomic mass is 9.92. The second-order valence-electron chi connectivity index (χ2n) is 9.80. The number of imidazole rings is 1. The van der Waals surface area contributed by atoms with Crippen molar-refractivity contribution in [2.24, 2.45) is 0 Å². The van der Waals surface area contributed by atoms with E-state index in [9.17, 15) is 14.7 Å². The van der Waals surface area contributed by atoms with Gasteiger partial charge in [0.1, 0.15) is 18.1 Å². The minimum atomic E-state index is -1.07. The number of aromatic nitrogens is 2. The van der Waals surface area contributed by atoms with Crippen molar-refractivity contribution in [2.75, 3.05) is 0 Å². The van der Waals surface area contributed by atoms with Crippen molar-refractivity contribution in [1.82, 2.24) is 14.9 Å². The van der Waals surface area contributed by atoms with Gasteiger partial charge < -0.3 is 19.4 Å². The normalized spacial score (nSPS) is 16.1. The molecule has 0 aliphatic heterocycles. The van der Waals surface area contributed by atoms with Gasteiger partial charge in [0.2, 0.25) is 0 Å². The van der Waals surface area contributed by atoms with Gasteiger partial charge in [0.05, 0.1) is 22.9 Å². The number of nitrogens with zero attached hydrogens (tertiary/aromatic N) is 2. The molecule has 1 amide bonds. The van der Waals surface area contributed by atoms with E-state index in [2.05, 4.69) is 9.88 Å². The summed E-state index contributed by atoms with van der Waals surface area (Å²) in [5.41, 5.74) is 4.93. The van der Waals surface area contributed by atoms with Gasteiger partial charge in [-0.05, 0) is 49.6 Å². The molecule has 1 fully saturated rings. The highest BCUT2D eigenvalue weighted by molar-refractivity contribution is 5.99. The number of aliphatic carboxylic acids is 1. The number of furan rings is 1. The van der Waals surface area contributed by atoms with E-state index in [4.69, 9.17) is 9.40 Å². The third-order valence-electron chi connectivity index (χ3n) is 7.33. The molecule has 2 aromatic heterocycles. The second-order valence-corrected chi connectivity index (χ2v) is 9.80. The molecule has 0 saturated heterocycles. The summed E-state index contributed by atoms with van der Waals surface area (Å²) >= 11 is 0. The monoisotopic (exact) mass is 485 g/mol. The highest BCUT2D eigenvalue weighted by Gasteiger charge is 2.29. The van der Waals surface area contributed by atoms with Crippen LogP contribution in [0.3, 0.4) is 0 Å². The summed E-state index contributed by atoms with van der Waals surface area (Å²) in [6, 6.07) is 14.3. The highest BCUT2D eigenvalue weighted by atomic mass is 16.4. The van der Waals surface area contributed by atoms with Crippen molar-refractivity contribution in [3.8, 4) is 11.4 Å². The SMILES string of the molecule is Cc1ccc(C(C)[C@H](NC(=O)c2ccc3c(c2)nc(-c2ccoc2)n3C2CCCCC2)C(=O)O)cc1. The molecular formula is C29H31N3O4. The number of fused-ring (bicyclic) bond motifs is 1. The van der Waals surface area contributed by atoms with Crippen molar-refractivity contribution in [2.45, 2.75) is 64.0 Å². The van der Waals surface area contributed by atoms with Crippen LogP contribution in [0, 0.1) is 6.92 Å². The molecule has 0 radical (unpaired) electrons. The van der Waals surface area contributed by atoms with Crippen LogP contribution in [-0.4, -0.2) is 32.6 Å². The number of carboxylic acids is 1. The van der Waals surface area contributed by atoms with E-state index in [1.54, 1.807) is 24.7 Å². The molecule has 2 N–H and O–H groups in total. The summed E-state index contributed by atoms with van der Waals surface area (Å²) in [6.07, 6.45) is 9.14. The maximum Gasteiger partial charge on any atom is 0.326 e. The number of aryl methyl sites for hydroxylation is 1. The number of benzene rings is 2. The van der Waals surface area contributed by atoms with Crippen molar-refractivity contribution >= 4 is 22.9 Å². The summed E-state index contributed by atoms with van der Waals surface area (Å²) in [6.45, 7) is 3.80. The van der Waals surface area contributed by atoms with Crippen LogP contribution in [0.25, 0.3) is 22.4 Å². The van der Waals surface area contributed by atoms with Gasteiger partial charge in [-0.25, -0.2) is 9.78 Å². The molecule has 2 aromatic carbocycles. The summed E-state index contributed by atoms with van der Waals surface area (Å²) < 4.78 is 7.61. The molecule has 5 rings (SSSR count). The molecule has 2 heterocycles. The van der Waals surface area contributed by atoms with E-state index in [-0.39, 0.29) is 0 Å². The number of hydrogen-bond acceptors (Lipinski definition) is 4. The van der Waals surface area contributed by atoms with Gasteiger partial charge in [-0.3, -0.25) is 4.79 Å². The number of carboxylic acid groups (broad SMARTS) is 1. The number of nitrogens with one attached hydrogen (secondary N) is 1. The number of carbonyl (C=O) groups excluding carboxylic acids is 1. The third-order valence-corrected chi connectivity index (χ3v) is 7.33. The molecule has 4 aromatic rings. The molecule has 2 atom stereocenters. The van der Waals surface area contributed by atoms with Gasteiger partial charge in [0.25, 0.3) is 5.91 Å². The van der Waals surface area contributed by atoms with Gasteiger partial charge in [0, 0.05) is 17.5 Å². The van der Waals surface area contributed by atoms with Crippen molar-refractivity contribution in [1.29, 1.82) is 0 Å². The quantitative estimate of drug-likeness (QED) is 0.330. The molecule has 7 heteroatoms. The lowest BCUT2D eigenvalue weighted by Gasteiger charge is -2.25. The van der Waals surface area contributed by atoms with Crippen LogP contribution in [-0.2, 0) is 4.79 Å². The van der Waals surface area contributed by atoms with E-state index >= 15 is 0 Å². The molecule has 1 saturated carbocycles. The Morgan fingerprint density at radius 2 is 1.83 bits per heavy atom. The van der Waals surface area contributed by atoms with E-state index in [0.29, 0.717) is 17.1 Å². The fourth-order valence-corrected chi connectivity index (χ4v) is 5.23. The van der Waals surface area contributed by atoms with E-state index in [1.807, 2.05) is 50.2 Å². The van der Waals surface area contributed by atoms with Crippen molar-refractivity contribution in [3.63, 3.8) is 0 Å². The summed E-state index contributed by atoms with van der Waals surface area (Å²) in [5, 5.41) is 12.6. The van der Waals surface area contributed by atoms with Crippen LogP contribution >= 0.6 is 0 Å². The first kappa shape index (κ1) is 23.9. The zero-order valence-electron chi connectivity index (χ0n) is 20.6. The van der Waals surface area contributed by atoms with Crippen LogP contribution in [0.15, 0.2) is 65.5 Å². The number of amides is 1. The molecule has 36 heavy (non-hydrogen) atoms. The van der Waals surface area contributed by atoms with Crippen molar-refractivity contribution in [3.05, 3.63) is 77.7 Å². The molecule has 1 unspecified atom stereocenters. The number of hydrogen-bond donors (Lipinski definition) is 2. The zero-order valence-corrected chi connectivity index (χ0v) is 20.6. The fraction of sp³-hybridized carbons (Fsp3) is 0.345. The van der Waals surface area contributed by atoms with Gasteiger partial charge in [-0.2, -0.15) is 0 Å². The number of carbonyl (C=O) groups is 2. The zero-order chi connectivity index (χ0) is 25.2. The van der Waals surface area contributed by atoms with Gasteiger partial charge in [-0.1, -0.05) is 56.0 Å². The van der Waals surface area contributed by atoms with Gasteiger partial charge in [-0.15, -0.1) is 0 Å². The Morgan fingerprint density at radius 1 is 1.08 bits per heavy atom. The largest absolute Gasteiger partial charge is 0.480 e. The first-order valence-corrected chi connectivity index (χ1v) is 12.6. The maximum atomic E-state index is 13.2. The predicted molar refractivity (Wildman–Crippen MR) is 138 cm³/mol. The second kappa shape index (κ2) is 10.0. The molecule has 186 valence electrons. The average Bonchev–Trinajstić information content (AvgIpc) is 3.55. The smallest absolute Gasteiger partial charge is 0.326 e. The molecular weight excluding hydrogens is 454 g/mol. The van der Waals surface area contributed by atoms with Crippen LogP contribution in [0.5, 0.6) is 0 Å². The third kappa shape index (κ3) is 4.65. The predicted octanol–water partition coefficient (Wildman–Crippen LogP) is 6.10. The standard InChI is InChI=1S/C29H31N3O4/c1-18-8-10-20(11-9-18)19(2)26(29(34)35)31-28(33)21-12-13-25-24(16-21)30-27(22-14-15-36-17-22)32(25)23-6-4-3-5-7-23/h8-17,19,23,26H,3-7H2,1-2H3,(H,31,33)(H,34,35)/t19?,26-/m0/s1. The fourth-order valence-electron chi connectivity index (χ4n) is 5.23. The van der Waals surface area contributed by atoms with E-state index < -0.39 is 23.8 Å². The minimum Gasteiger partial charge on any atom is -0.480 e. The van der Waals surface area contributed by atoms with Crippen LogP contribution in [0.4, 0.5) is 0 Å². The van der Waals surface area contributed by atoms with Gasteiger partial charge >= 0.3 is 5.97 Å². The average molecular weight is 486 g/mol. The highest BCUT2D eigenvalue weighted by Crippen LogP contribution is 2.36. The maximum absolute atomic E-state index is 13.2. The molecule has 0 bridgehead atoms. The van der Waals surface area contributed by atoms with E-state index in [1.165, 1.54) is 19.3 Å².